The normalized spacial score (nSPS) is 26.8. The fraction of sp³-hybridized carbons (Fsp3) is 0.611. The highest BCUT2D eigenvalue weighted by atomic mass is 16.6. The molecule has 0 saturated carbocycles. The van der Waals surface area contributed by atoms with E-state index in [2.05, 4.69) is 34.5 Å². The number of primary amides is 1. The monoisotopic (exact) mass is 317 g/mol. The van der Waals surface area contributed by atoms with Gasteiger partial charge in [0.15, 0.2) is 0 Å². The lowest BCUT2D eigenvalue weighted by Crippen LogP contribution is -2.54. The lowest BCUT2D eigenvalue weighted by atomic mass is 9.90. The Bertz CT molecular complexity index is 502. The molecule has 2 unspecified atom stereocenters. The summed E-state index contributed by atoms with van der Waals surface area (Å²) in [6.07, 6.45) is 4.48. The number of ether oxygens (including phenoxy) is 1. The van der Waals surface area contributed by atoms with Crippen LogP contribution in [-0.2, 0) is 11.2 Å². The molecule has 1 aromatic carbocycles. The Morgan fingerprint density at radius 2 is 1.96 bits per heavy atom. The summed E-state index contributed by atoms with van der Waals surface area (Å²) >= 11 is 0. The second-order valence-electron chi connectivity index (χ2n) is 6.65. The highest BCUT2D eigenvalue weighted by Crippen LogP contribution is 2.27. The lowest BCUT2D eigenvalue weighted by molar-refractivity contribution is 0.00122. The molecule has 2 heterocycles. The summed E-state index contributed by atoms with van der Waals surface area (Å²) in [5.74, 6) is 0. The molecule has 23 heavy (non-hydrogen) atoms. The molecule has 0 bridgehead atoms. The third-order valence-electron chi connectivity index (χ3n) is 5.09. The van der Waals surface area contributed by atoms with Gasteiger partial charge in [0.2, 0.25) is 0 Å². The molecule has 5 heteroatoms. The van der Waals surface area contributed by atoms with Crippen molar-refractivity contribution in [3.63, 3.8) is 0 Å². The Balaban J connectivity index is 1.70. The second-order valence-corrected chi connectivity index (χ2v) is 6.65. The van der Waals surface area contributed by atoms with Crippen molar-refractivity contribution in [3.8, 4) is 0 Å². The number of hydrogen-bond donors (Lipinski definition) is 2. The van der Waals surface area contributed by atoms with Crippen molar-refractivity contribution in [2.45, 2.75) is 50.3 Å². The van der Waals surface area contributed by atoms with E-state index in [1.54, 1.807) is 0 Å². The van der Waals surface area contributed by atoms with E-state index in [-0.39, 0.29) is 6.10 Å². The largest absolute Gasteiger partial charge is 0.446 e. The summed E-state index contributed by atoms with van der Waals surface area (Å²) in [6, 6.07) is 11.6. The van der Waals surface area contributed by atoms with Gasteiger partial charge in [0.25, 0.3) is 0 Å². The number of rotatable bonds is 4. The van der Waals surface area contributed by atoms with Crippen molar-refractivity contribution < 1.29 is 9.53 Å². The quantitative estimate of drug-likeness (QED) is 0.890. The Labute approximate surface area is 138 Å². The summed E-state index contributed by atoms with van der Waals surface area (Å²) in [7, 11) is 0. The molecule has 5 nitrogen and oxygen atoms in total. The van der Waals surface area contributed by atoms with Gasteiger partial charge < -0.3 is 15.8 Å². The number of amides is 1. The van der Waals surface area contributed by atoms with E-state index in [4.69, 9.17) is 10.5 Å². The minimum Gasteiger partial charge on any atom is -0.446 e. The van der Waals surface area contributed by atoms with Gasteiger partial charge in [0.1, 0.15) is 6.10 Å². The van der Waals surface area contributed by atoms with Gasteiger partial charge in [-0.25, -0.2) is 4.79 Å². The average molecular weight is 317 g/mol. The van der Waals surface area contributed by atoms with Gasteiger partial charge in [0, 0.05) is 25.0 Å². The van der Waals surface area contributed by atoms with E-state index < -0.39 is 6.09 Å². The summed E-state index contributed by atoms with van der Waals surface area (Å²) in [6.45, 7) is 3.18. The Morgan fingerprint density at radius 3 is 2.65 bits per heavy atom. The van der Waals surface area contributed by atoms with Gasteiger partial charge >= 0.3 is 6.09 Å². The third-order valence-corrected chi connectivity index (χ3v) is 5.09. The molecule has 0 aliphatic carbocycles. The number of nitrogens with one attached hydrogen (secondary N) is 1. The first-order chi connectivity index (χ1) is 11.2. The van der Waals surface area contributed by atoms with Crippen LogP contribution in [0.1, 0.15) is 31.2 Å². The molecule has 0 radical (unpaired) electrons. The number of hydrogen-bond acceptors (Lipinski definition) is 4. The molecule has 3 N–H and O–H groups in total. The molecule has 2 fully saturated rings. The molecule has 3 rings (SSSR count). The highest BCUT2D eigenvalue weighted by molar-refractivity contribution is 5.64. The van der Waals surface area contributed by atoms with Crippen LogP contribution in [0.3, 0.4) is 0 Å². The summed E-state index contributed by atoms with van der Waals surface area (Å²) in [5.41, 5.74) is 6.56. The summed E-state index contributed by atoms with van der Waals surface area (Å²) < 4.78 is 5.29. The summed E-state index contributed by atoms with van der Waals surface area (Å²) in [5, 5.41) is 3.44. The van der Waals surface area contributed by atoms with Gasteiger partial charge in [-0.3, -0.25) is 4.90 Å². The number of benzene rings is 1. The van der Waals surface area contributed by atoms with E-state index in [0.29, 0.717) is 12.1 Å². The van der Waals surface area contributed by atoms with Crippen LogP contribution in [0.25, 0.3) is 0 Å². The third kappa shape index (κ3) is 4.45. The van der Waals surface area contributed by atoms with Gasteiger partial charge in [-0.05, 0) is 44.3 Å². The van der Waals surface area contributed by atoms with E-state index in [9.17, 15) is 4.79 Å². The van der Waals surface area contributed by atoms with Crippen molar-refractivity contribution >= 4 is 6.09 Å². The maximum atomic E-state index is 11.1. The van der Waals surface area contributed by atoms with Crippen LogP contribution < -0.4 is 11.1 Å². The van der Waals surface area contributed by atoms with Gasteiger partial charge in [-0.2, -0.15) is 0 Å². The minimum absolute atomic E-state index is 0.0424. The van der Waals surface area contributed by atoms with Crippen molar-refractivity contribution in [2.24, 2.45) is 5.73 Å². The van der Waals surface area contributed by atoms with Crippen LogP contribution in [0.2, 0.25) is 0 Å². The topological polar surface area (TPSA) is 67.6 Å². The first-order valence-electron chi connectivity index (χ1n) is 8.69. The molecule has 0 spiro atoms. The number of piperidine rings is 2. The van der Waals surface area contributed by atoms with E-state index in [1.165, 1.54) is 18.4 Å². The average Bonchev–Trinajstić information content (AvgIpc) is 2.56. The first kappa shape index (κ1) is 16.3. The number of carbonyl (C=O) groups is 1. The van der Waals surface area contributed by atoms with Gasteiger partial charge in [-0.1, -0.05) is 30.3 Å². The SMILES string of the molecule is NC(=O)OC1CCN(C2CCNCC2)C(Cc2ccccc2)C1. The molecule has 1 amide bonds. The fourth-order valence-corrected chi connectivity index (χ4v) is 4.01. The van der Waals surface area contributed by atoms with Crippen LogP contribution in [0.5, 0.6) is 0 Å². The van der Waals surface area contributed by atoms with Gasteiger partial charge in [0.05, 0.1) is 0 Å². The van der Waals surface area contributed by atoms with Crippen LogP contribution in [0, 0.1) is 0 Å². The molecule has 126 valence electrons. The van der Waals surface area contributed by atoms with E-state index in [1.807, 2.05) is 6.07 Å². The van der Waals surface area contributed by atoms with Crippen molar-refractivity contribution in [1.29, 1.82) is 0 Å². The lowest BCUT2D eigenvalue weighted by Gasteiger charge is -2.45. The standard InChI is InChI=1S/C18H27N3O2/c19-18(22)23-17-8-11-21(15-6-9-20-10-7-15)16(13-17)12-14-4-2-1-3-5-14/h1-5,15-17,20H,6-13H2,(H2,19,22). The Kier molecular flexibility index (Phi) is 5.51. The molecule has 2 aliphatic rings. The number of likely N-dealkylation sites (tertiary alicyclic amines) is 1. The maximum absolute atomic E-state index is 11.1. The van der Waals surface area contributed by atoms with Gasteiger partial charge in [-0.15, -0.1) is 0 Å². The zero-order valence-corrected chi connectivity index (χ0v) is 13.6. The molecular weight excluding hydrogens is 290 g/mol. The Hall–Kier alpha value is -1.59. The van der Waals surface area contributed by atoms with Crippen molar-refractivity contribution in [2.75, 3.05) is 19.6 Å². The Morgan fingerprint density at radius 1 is 1.22 bits per heavy atom. The van der Waals surface area contributed by atoms with Crippen molar-refractivity contribution in [1.82, 2.24) is 10.2 Å². The molecule has 2 saturated heterocycles. The van der Waals surface area contributed by atoms with Crippen molar-refractivity contribution in [3.05, 3.63) is 35.9 Å². The molecular formula is C18H27N3O2. The fourth-order valence-electron chi connectivity index (χ4n) is 4.01. The molecule has 0 aromatic heterocycles. The smallest absolute Gasteiger partial charge is 0.404 e. The predicted octanol–water partition coefficient (Wildman–Crippen LogP) is 1.91. The highest BCUT2D eigenvalue weighted by Gasteiger charge is 2.34. The molecule has 2 aliphatic heterocycles. The predicted molar refractivity (Wildman–Crippen MR) is 90.2 cm³/mol. The van der Waals surface area contributed by atoms with Crippen LogP contribution in [-0.4, -0.2) is 48.8 Å². The van der Waals surface area contributed by atoms with E-state index in [0.717, 1.165) is 38.9 Å². The van der Waals surface area contributed by atoms with Crippen LogP contribution >= 0.6 is 0 Å². The second kappa shape index (κ2) is 7.79. The number of nitrogens with zero attached hydrogens (tertiary/aromatic N) is 1. The van der Waals surface area contributed by atoms with Crippen LogP contribution in [0.15, 0.2) is 30.3 Å². The zero-order chi connectivity index (χ0) is 16.1. The molecule has 1 aromatic rings. The number of nitrogens with two attached hydrogens (primary N) is 1. The first-order valence-corrected chi connectivity index (χ1v) is 8.69. The van der Waals surface area contributed by atoms with Crippen LogP contribution in [0.4, 0.5) is 4.79 Å². The number of carbonyl (C=O) groups excluding carboxylic acids is 1. The molecule has 2 atom stereocenters. The maximum Gasteiger partial charge on any atom is 0.404 e. The summed E-state index contributed by atoms with van der Waals surface area (Å²) in [4.78, 5) is 13.7. The minimum atomic E-state index is -0.649. The zero-order valence-electron chi connectivity index (χ0n) is 13.6. The van der Waals surface area contributed by atoms with E-state index >= 15 is 0 Å².